The monoisotopic (exact) mass is 406 g/mol. The first-order valence-electron chi connectivity index (χ1n) is 7.98. The van der Waals surface area contributed by atoms with Crippen molar-refractivity contribution in [3.05, 3.63) is 44.7 Å². The molecule has 0 fully saturated rings. The van der Waals surface area contributed by atoms with Crippen LogP contribution in [0.2, 0.25) is 0 Å². The normalized spacial score (nSPS) is 13.0. The number of aryl methyl sites for hydroxylation is 1. The van der Waals surface area contributed by atoms with Crippen molar-refractivity contribution in [2.24, 2.45) is 5.92 Å². The highest BCUT2D eigenvalue weighted by molar-refractivity contribution is 9.10. The van der Waals surface area contributed by atoms with Crippen LogP contribution in [0.4, 0.5) is 10.7 Å². The van der Waals surface area contributed by atoms with Crippen LogP contribution >= 0.6 is 27.3 Å². The van der Waals surface area contributed by atoms with Crippen molar-refractivity contribution in [1.29, 1.82) is 0 Å². The summed E-state index contributed by atoms with van der Waals surface area (Å²) in [7, 11) is 0. The number of hydrogen-bond acceptors (Lipinski definition) is 3. The highest BCUT2D eigenvalue weighted by Gasteiger charge is 2.27. The van der Waals surface area contributed by atoms with Crippen LogP contribution in [0.25, 0.3) is 0 Å². The molecule has 126 valence electrons. The highest BCUT2D eigenvalue weighted by Crippen LogP contribution is 2.39. The number of rotatable bonds is 4. The van der Waals surface area contributed by atoms with E-state index in [4.69, 9.17) is 0 Å². The Bertz CT molecular complexity index is 781. The average molecular weight is 407 g/mol. The van der Waals surface area contributed by atoms with E-state index in [0.717, 1.165) is 35.0 Å². The summed E-state index contributed by atoms with van der Waals surface area (Å²) in [5.41, 5.74) is 2.46. The summed E-state index contributed by atoms with van der Waals surface area (Å²) in [6, 6.07) is 7.46. The van der Waals surface area contributed by atoms with Crippen LogP contribution in [0, 0.1) is 5.92 Å². The van der Waals surface area contributed by atoms with Gasteiger partial charge in [0.15, 0.2) is 0 Å². The van der Waals surface area contributed by atoms with Gasteiger partial charge in [0.05, 0.1) is 5.56 Å². The van der Waals surface area contributed by atoms with Crippen LogP contribution in [0.15, 0.2) is 28.7 Å². The second-order valence-electron chi connectivity index (χ2n) is 6.17. The molecule has 1 aromatic carbocycles. The summed E-state index contributed by atoms with van der Waals surface area (Å²) < 4.78 is 0.960. The minimum atomic E-state index is -0.157. The van der Waals surface area contributed by atoms with Crippen molar-refractivity contribution in [2.75, 3.05) is 10.6 Å². The van der Waals surface area contributed by atoms with Gasteiger partial charge in [-0.05, 0) is 49.1 Å². The van der Waals surface area contributed by atoms with Crippen molar-refractivity contribution < 1.29 is 9.59 Å². The smallest absolute Gasteiger partial charge is 0.258 e. The number of thiophene rings is 1. The van der Waals surface area contributed by atoms with E-state index in [-0.39, 0.29) is 17.7 Å². The van der Waals surface area contributed by atoms with Crippen molar-refractivity contribution >= 4 is 49.8 Å². The lowest BCUT2D eigenvalue weighted by Gasteiger charge is -2.11. The maximum atomic E-state index is 12.8. The zero-order valence-electron chi connectivity index (χ0n) is 13.6. The third-order valence-corrected chi connectivity index (χ3v) is 5.75. The molecule has 0 bridgehead atoms. The van der Waals surface area contributed by atoms with E-state index in [1.807, 2.05) is 38.1 Å². The van der Waals surface area contributed by atoms with Crippen molar-refractivity contribution in [3.8, 4) is 0 Å². The number of amides is 2. The molecule has 0 atom stereocenters. The lowest BCUT2D eigenvalue weighted by Crippen LogP contribution is -2.20. The molecule has 0 spiro atoms. The molecular weight excluding hydrogens is 388 g/mol. The van der Waals surface area contributed by atoms with Gasteiger partial charge in [-0.3, -0.25) is 9.59 Å². The number of carbonyl (C=O) groups is 2. The second-order valence-corrected chi connectivity index (χ2v) is 8.19. The second kappa shape index (κ2) is 7.07. The molecule has 0 aliphatic heterocycles. The predicted molar refractivity (Wildman–Crippen MR) is 102 cm³/mol. The van der Waals surface area contributed by atoms with E-state index in [2.05, 4.69) is 26.6 Å². The van der Waals surface area contributed by atoms with Crippen molar-refractivity contribution in [2.45, 2.75) is 33.1 Å². The third kappa shape index (κ3) is 3.54. The molecule has 4 nitrogen and oxygen atoms in total. The molecule has 1 aromatic heterocycles. The van der Waals surface area contributed by atoms with Crippen LogP contribution in [-0.4, -0.2) is 11.8 Å². The molecular formula is C18H19BrN2O2S. The van der Waals surface area contributed by atoms with Gasteiger partial charge in [-0.15, -0.1) is 11.3 Å². The Hall–Kier alpha value is -1.66. The Kier molecular flexibility index (Phi) is 5.06. The zero-order valence-corrected chi connectivity index (χ0v) is 16.0. The van der Waals surface area contributed by atoms with Crippen LogP contribution in [0.1, 0.15) is 41.1 Å². The Morgan fingerprint density at radius 2 is 1.83 bits per heavy atom. The van der Waals surface area contributed by atoms with E-state index in [1.54, 1.807) is 0 Å². The van der Waals surface area contributed by atoms with Crippen LogP contribution in [-0.2, 0) is 17.6 Å². The lowest BCUT2D eigenvalue weighted by molar-refractivity contribution is -0.118. The molecule has 3 rings (SSSR count). The molecule has 0 saturated carbocycles. The summed E-state index contributed by atoms with van der Waals surface area (Å²) in [4.78, 5) is 26.1. The number of hydrogen-bond donors (Lipinski definition) is 2. The standard InChI is InChI=1S/C18H19BrN2O2S/c1-10(2)16(22)21-18-15(13-4-3-5-14(13)24-18)17(23)20-12-8-6-11(19)7-9-12/h6-10H,3-5H2,1-2H3,(H,20,23)(H,21,22). The van der Waals surface area contributed by atoms with Crippen molar-refractivity contribution in [1.82, 2.24) is 0 Å². The number of nitrogens with one attached hydrogen (secondary N) is 2. The maximum Gasteiger partial charge on any atom is 0.258 e. The lowest BCUT2D eigenvalue weighted by atomic mass is 10.1. The van der Waals surface area contributed by atoms with Gasteiger partial charge in [0.25, 0.3) is 5.91 Å². The number of benzene rings is 1. The molecule has 0 saturated heterocycles. The maximum absolute atomic E-state index is 12.8. The van der Waals surface area contributed by atoms with Gasteiger partial charge in [0.2, 0.25) is 5.91 Å². The first kappa shape index (κ1) is 17.2. The van der Waals surface area contributed by atoms with Crippen LogP contribution in [0.3, 0.4) is 0 Å². The largest absolute Gasteiger partial charge is 0.322 e. The van der Waals surface area contributed by atoms with E-state index < -0.39 is 0 Å². The number of carbonyl (C=O) groups excluding carboxylic acids is 2. The van der Waals surface area contributed by atoms with E-state index in [0.29, 0.717) is 10.6 Å². The molecule has 2 amide bonds. The quantitative estimate of drug-likeness (QED) is 0.762. The van der Waals surface area contributed by atoms with E-state index in [1.165, 1.54) is 16.2 Å². The molecule has 1 heterocycles. The Balaban J connectivity index is 1.89. The van der Waals surface area contributed by atoms with Crippen LogP contribution < -0.4 is 10.6 Å². The van der Waals surface area contributed by atoms with E-state index in [9.17, 15) is 9.59 Å². The Morgan fingerprint density at radius 1 is 1.12 bits per heavy atom. The van der Waals surface area contributed by atoms with Gasteiger partial charge in [0.1, 0.15) is 5.00 Å². The summed E-state index contributed by atoms with van der Waals surface area (Å²) in [5, 5.41) is 6.54. The number of anilines is 2. The molecule has 1 aliphatic carbocycles. The summed E-state index contributed by atoms with van der Waals surface area (Å²) in [6.07, 6.45) is 2.95. The van der Waals surface area contributed by atoms with Crippen molar-refractivity contribution in [3.63, 3.8) is 0 Å². The molecule has 1 aliphatic rings. The zero-order chi connectivity index (χ0) is 17.3. The number of fused-ring (bicyclic) bond motifs is 1. The predicted octanol–water partition coefficient (Wildman–Crippen LogP) is 4.85. The molecule has 24 heavy (non-hydrogen) atoms. The summed E-state index contributed by atoms with van der Waals surface area (Å²) >= 11 is 4.92. The minimum Gasteiger partial charge on any atom is -0.322 e. The Morgan fingerprint density at radius 3 is 2.50 bits per heavy atom. The molecule has 2 N–H and O–H groups in total. The topological polar surface area (TPSA) is 58.2 Å². The molecule has 0 radical (unpaired) electrons. The van der Waals surface area contributed by atoms with Gasteiger partial charge < -0.3 is 10.6 Å². The first-order valence-corrected chi connectivity index (χ1v) is 9.59. The fourth-order valence-corrected chi connectivity index (χ4v) is 4.27. The highest BCUT2D eigenvalue weighted by atomic mass is 79.9. The first-order chi connectivity index (χ1) is 11.5. The molecule has 6 heteroatoms. The SMILES string of the molecule is CC(C)C(=O)Nc1sc2c(c1C(=O)Nc1ccc(Br)cc1)CCC2. The average Bonchev–Trinajstić information content (AvgIpc) is 3.09. The van der Waals surface area contributed by atoms with E-state index >= 15 is 0 Å². The molecule has 0 unspecified atom stereocenters. The van der Waals surface area contributed by atoms with Gasteiger partial charge >= 0.3 is 0 Å². The third-order valence-electron chi connectivity index (χ3n) is 4.01. The minimum absolute atomic E-state index is 0.0624. The summed E-state index contributed by atoms with van der Waals surface area (Å²) in [5.74, 6) is -0.340. The van der Waals surface area contributed by atoms with Gasteiger partial charge in [-0.25, -0.2) is 0 Å². The fourth-order valence-electron chi connectivity index (χ4n) is 2.72. The molecule has 2 aromatic rings. The van der Waals surface area contributed by atoms with Gasteiger partial charge in [-0.2, -0.15) is 0 Å². The summed E-state index contributed by atoms with van der Waals surface area (Å²) in [6.45, 7) is 3.69. The number of halogens is 1. The fraction of sp³-hybridized carbons (Fsp3) is 0.333. The Labute approximate surface area is 153 Å². The van der Waals surface area contributed by atoms with Gasteiger partial charge in [0, 0.05) is 21.0 Å². The van der Waals surface area contributed by atoms with Gasteiger partial charge in [-0.1, -0.05) is 29.8 Å². The van der Waals surface area contributed by atoms with Crippen LogP contribution in [0.5, 0.6) is 0 Å².